The van der Waals surface area contributed by atoms with Crippen LogP contribution in [0.2, 0.25) is 0 Å². The molecule has 1 aliphatic carbocycles. The second-order valence-corrected chi connectivity index (χ2v) is 5.15. The lowest BCUT2D eigenvalue weighted by molar-refractivity contribution is -0.142. The van der Waals surface area contributed by atoms with Gasteiger partial charge in [-0.25, -0.2) is 0 Å². The van der Waals surface area contributed by atoms with Gasteiger partial charge in [-0.15, -0.1) is 0 Å². The molecule has 19 heavy (non-hydrogen) atoms. The largest absolute Gasteiger partial charge is 0.481 e. The van der Waals surface area contributed by atoms with Crippen LogP contribution in [0, 0.1) is 24.2 Å². The molecule has 0 aliphatic heterocycles. The molecule has 1 aromatic rings. The standard InChI is InChI=1S/C15H18N2O2/c1-10-4-2-7-14(13(10)9-16)17-12-6-3-5-11(8-12)15(18)19/h2,4,7,11-12,17H,3,5-6,8H2,1H3,(H,18,19). The zero-order valence-electron chi connectivity index (χ0n) is 11.0. The number of benzene rings is 1. The van der Waals surface area contributed by atoms with Gasteiger partial charge in [-0.05, 0) is 37.8 Å². The summed E-state index contributed by atoms with van der Waals surface area (Å²) in [5.74, 6) is -0.974. The summed E-state index contributed by atoms with van der Waals surface area (Å²) in [5, 5.41) is 21.6. The maximum absolute atomic E-state index is 11.0. The Morgan fingerprint density at radius 2 is 2.26 bits per heavy atom. The van der Waals surface area contributed by atoms with Crippen molar-refractivity contribution in [3.05, 3.63) is 29.3 Å². The van der Waals surface area contributed by atoms with Gasteiger partial charge in [0.25, 0.3) is 0 Å². The van der Waals surface area contributed by atoms with Crippen LogP contribution in [0.4, 0.5) is 5.69 Å². The highest BCUT2D eigenvalue weighted by atomic mass is 16.4. The zero-order valence-corrected chi connectivity index (χ0v) is 11.0. The average Bonchev–Trinajstić information content (AvgIpc) is 2.39. The SMILES string of the molecule is Cc1cccc(NC2CCCC(C(=O)O)C2)c1C#N. The molecule has 0 radical (unpaired) electrons. The van der Waals surface area contributed by atoms with E-state index in [1.165, 1.54) is 0 Å². The van der Waals surface area contributed by atoms with Crippen molar-refractivity contribution in [2.45, 2.75) is 38.6 Å². The van der Waals surface area contributed by atoms with Crippen molar-refractivity contribution in [1.82, 2.24) is 0 Å². The molecule has 2 atom stereocenters. The van der Waals surface area contributed by atoms with E-state index < -0.39 is 5.97 Å². The predicted octanol–water partition coefficient (Wildman–Crippen LogP) is 2.92. The average molecular weight is 258 g/mol. The second kappa shape index (κ2) is 5.75. The van der Waals surface area contributed by atoms with Crippen LogP contribution < -0.4 is 5.32 Å². The Hall–Kier alpha value is -2.02. The lowest BCUT2D eigenvalue weighted by Crippen LogP contribution is -2.31. The number of rotatable bonds is 3. The molecule has 0 saturated heterocycles. The summed E-state index contributed by atoms with van der Waals surface area (Å²) in [5.41, 5.74) is 2.41. The van der Waals surface area contributed by atoms with Crippen LogP contribution in [0.3, 0.4) is 0 Å². The Kier molecular flexibility index (Phi) is 4.06. The lowest BCUT2D eigenvalue weighted by Gasteiger charge is -2.28. The first-order chi connectivity index (χ1) is 9.11. The summed E-state index contributed by atoms with van der Waals surface area (Å²) in [6, 6.07) is 8.06. The highest BCUT2D eigenvalue weighted by Gasteiger charge is 2.27. The minimum Gasteiger partial charge on any atom is -0.481 e. The van der Waals surface area contributed by atoms with Crippen LogP contribution in [-0.2, 0) is 4.79 Å². The molecule has 0 spiro atoms. The Bertz CT molecular complexity index is 519. The minimum atomic E-state index is -0.712. The van der Waals surface area contributed by atoms with Crippen LogP contribution in [-0.4, -0.2) is 17.1 Å². The number of carboxylic acids is 1. The van der Waals surface area contributed by atoms with Gasteiger partial charge in [0.1, 0.15) is 6.07 Å². The molecule has 1 saturated carbocycles. The van der Waals surface area contributed by atoms with E-state index in [-0.39, 0.29) is 12.0 Å². The Morgan fingerprint density at radius 1 is 1.47 bits per heavy atom. The number of nitrogens with zero attached hydrogens (tertiary/aromatic N) is 1. The van der Waals surface area contributed by atoms with Crippen LogP contribution >= 0.6 is 0 Å². The summed E-state index contributed by atoms with van der Waals surface area (Å²) in [6.07, 6.45) is 3.27. The molecule has 0 heterocycles. The van der Waals surface area contributed by atoms with Crippen LogP contribution in [0.5, 0.6) is 0 Å². The summed E-state index contributed by atoms with van der Waals surface area (Å²) in [7, 11) is 0. The van der Waals surface area contributed by atoms with E-state index in [1.54, 1.807) is 0 Å². The Morgan fingerprint density at radius 3 is 2.95 bits per heavy atom. The van der Waals surface area contributed by atoms with Crippen molar-refractivity contribution in [3.8, 4) is 6.07 Å². The normalized spacial score (nSPS) is 22.5. The first-order valence-corrected chi connectivity index (χ1v) is 6.61. The molecule has 2 N–H and O–H groups in total. The molecular weight excluding hydrogens is 240 g/mol. The van der Waals surface area contributed by atoms with E-state index in [0.717, 1.165) is 30.5 Å². The van der Waals surface area contributed by atoms with Gasteiger partial charge in [0.2, 0.25) is 0 Å². The molecule has 4 nitrogen and oxygen atoms in total. The highest BCUT2D eigenvalue weighted by molar-refractivity contribution is 5.70. The number of hydrogen-bond acceptors (Lipinski definition) is 3. The smallest absolute Gasteiger partial charge is 0.306 e. The van der Waals surface area contributed by atoms with Gasteiger partial charge in [-0.1, -0.05) is 18.6 Å². The van der Waals surface area contributed by atoms with Gasteiger partial charge in [0, 0.05) is 6.04 Å². The Balaban J connectivity index is 2.11. The summed E-state index contributed by atoms with van der Waals surface area (Å²) >= 11 is 0. The van der Waals surface area contributed by atoms with Gasteiger partial charge in [-0.2, -0.15) is 5.26 Å². The maximum Gasteiger partial charge on any atom is 0.306 e. The molecule has 4 heteroatoms. The van der Waals surface area contributed by atoms with E-state index in [2.05, 4.69) is 11.4 Å². The number of nitrogens with one attached hydrogen (secondary N) is 1. The third-order valence-electron chi connectivity index (χ3n) is 3.77. The number of hydrogen-bond donors (Lipinski definition) is 2. The number of nitriles is 1. The summed E-state index contributed by atoms with van der Waals surface area (Å²) in [4.78, 5) is 11.0. The topological polar surface area (TPSA) is 73.1 Å². The highest BCUT2D eigenvalue weighted by Crippen LogP contribution is 2.28. The molecule has 1 fully saturated rings. The van der Waals surface area contributed by atoms with Crippen molar-refractivity contribution < 1.29 is 9.90 Å². The fourth-order valence-electron chi connectivity index (χ4n) is 2.70. The van der Waals surface area contributed by atoms with Crippen molar-refractivity contribution in [2.75, 3.05) is 5.32 Å². The molecule has 1 aliphatic rings. The number of carbonyl (C=O) groups is 1. The van der Waals surface area contributed by atoms with Crippen LogP contribution in [0.1, 0.15) is 36.8 Å². The summed E-state index contributed by atoms with van der Waals surface area (Å²) < 4.78 is 0. The molecule has 2 rings (SSSR count). The van der Waals surface area contributed by atoms with Crippen molar-refractivity contribution in [3.63, 3.8) is 0 Å². The molecule has 0 amide bonds. The number of carboxylic acid groups (broad SMARTS) is 1. The summed E-state index contributed by atoms with van der Waals surface area (Å²) in [6.45, 7) is 1.91. The molecular formula is C15H18N2O2. The number of aliphatic carboxylic acids is 1. The van der Waals surface area contributed by atoms with E-state index in [0.29, 0.717) is 12.0 Å². The molecule has 100 valence electrons. The Labute approximate surface area is 113 Å². The van der Waals surface area contributed by atoms with Gasteiger partial charge < -0.3 is 10.4 Å². The van der Waals surface area contributed by atoms with Gasteiger partial charge in [-0.3, -0.25) is 4.79 Å². The first kappa shape index (κ1) is 13.4. The van der Waals surface area contributed by atoms with Gasteiger partial charge in [0.05, 0.1) is 17.2 Å². The lowest BCUT2D eigenvalue weighted by atomic mass is 9.85. The van der Waals surface area contributed by atoms with E-state index in [9.17, 15) is 10.1 Å². The van der Waals surface area contributed by atoms with Crippen molar-refractivity contribution in [1.29, 1.82) is 5.26 Å². The monoisotopic (exact) mass is 258 g/mol. The predicted molar refractivity (Wildman–Crippen MR) is 72.9 cm³/mol. The molecule has 0 bridgehead atoms. The van der Waals surface area contributed by atoms with Crippen LogP contribution in [0.25, 0.3) is 0 Å². The first-order valence-electron chi connectivity index (χ1n) is 6.61. The second-order valence-electron chi connectivity index (χ2n) is 5.15. The van der Waals surface area contributed by atoms with Crippen molar-refractivity contribution >= 4 is 11.7 Å². The zero-order chi connectivity index (χ0) is 13.8. The van der Waals surface area contributed by atoms with Gasteiger partial charge >= 0.3 is 5.97 Å². The maximum atomic E-state index is 11.0. The minimum absolute atomic E-state index is 0.142. The number of aryl methyl sites for hydroxylation is 1. The fourth-order valence-corrected chi connectivity index (χ4v) is 2.70. The van der Waals surface area contributed by atoms with Crippen molar-refractivity contribution in [2.24, 2.45) is 5.92 Å². The fraction of sp³-hybridized carbons (Fsp3) is 0.467. The third-order valence-corrected chi connectivity index (χ3v) is 3.77. The molecule has 2 unspecified atom stereocenters. The van der Waals surface area contributed by atoms with E-state index in [1.807, 2.05) is 25.1 Å². The van der Waals surface area contributed by atoms with E-state index in [4.69, 9.17) is 5.11 Å². The molecule has 1 aromatic carbocycles. The van der Waals surface area contributed by atoms with E-state index >= 15 is 0 Å². The van der Waals surface area contributed by atoms with Crippen LogP contribution in [0.15, 0.2) is 18.2 Å². The van der Waals surface area contributed by atoms with Gasteiger partial charge in [0.15, 0.2) is 0 Å². The third kappa shape index (κ3) is 3.05. The number of anilines is 1. The molecule has 0 aromatic heterocycles. The quantitative estimate of drug-likeness (QED) is 0.874.